The fourth-order valence-electron chi connectivity index (χ4n) is 1.96. The van der Waals surface area contributed by atoms with E-state index in [0.29, 0.717) is 0 Å². The van der Waals surface area contributed by atoms with E-state index in [0.717, 1.165) is 40.9 Å². The monoisotopic (exact) mass is 270 g/mol. The normalized spacial score (nSPS) is 10.8. The minimum Gasteiger partial charge on any atom is -0.367 e. The number of benzene rings is 1. The third kappa shape index (κ3) is 2.42. The van der Waals surface area contributed by atoms with Gasteiger partial charge in [-0.2, -0.15) is 8.75 Å². The van der Waals surface area contributed by atoms with Crippen molar-refractivity contribution in [2.45, 2.75) is 13.3 Å². The van der Waals surface area contributed by atoms with Crippen LogP contribution >= 0.6 is 11.7 Å². The van der Waals surface area contributed by atoms with Crippen LogP contribution in [0.3, 0.4) is 0 Å². The fourth-order valence-corrected chi connectivity index (χ4v) is 2.51. The largest absolute Gasteiger partial charge is 0.367 e. The summed E-state index contributed by atoms with van der Waals surface area (Å²) in [5.74, 6) is 0.870. The van der Waals surface area contributed by atoms with Gasteiger partial charge in [0.15, 0.2) is 5.82 Å². The second kappa shape index (κ2) is 5.32. The maximum Gasteiger partial charge on any atom is 0.168 e. The second-order valence-corrected chi connectivity index (χ2v) is 4.83. The molecule has 1 aromatic carbocycles. The van der Waals surface area contributed by atoms with Crippen molar-refractivity contribution >= 4 is 28.4 Å². The molecule has 3 rings (SSSR count). The minimum atomic E-state index is 0.870. The molecule has 0 aliphatic rings. The molecule has 0 spiro atoms. The zero-order chi connectivity index (χ0) is 13.1. The predicted octanol–water partition coefficient (Wildman–Crippen LogP) is 3.58. The lowest BCUT2D eigenvalue weighted by Crippen LogP contribution is -2.01. The van der Waals surface area contributed by atoms with E-state index < -0.39 is 0 Å². The Kier molecular flexibility index (Phi) is 3.37. The molecule has 2 aromatic heterocycles. The lowest BCUT2D eigenvalue weighted by Gasteiger charge is -2.04. The fraction of sp³-hybridized carbons (Fsp3) is 0.214. The number of nitrogens with one attached hydrogen (secondary N) is 1. The average molecular weight is 270 g/mol. The van der Waals surface area contributed by atoms with E-state index in [4.69, 9.17) is 0 Å². The lowest BCUT2D eigenvalue weighted by atomic mass is 10.1. The van der Waals surface area contributed by atoms with Gasteiger partial charge in [-0.15, -0.1) is 0 Å². The summed E-state index contributed by atoms with van der Waals surface area (Å²) < 4.78 is 8.71. The molecule has 3 aromatic rings. The maximum absolute atomic E-state index is 4.39. The molecule has 0 fully saturated rings. The first kappa shape index (κ1) is 12.0. The summed E-state index contributed by atoms with van der Waals surface area (Å²) >= 11 is 1.24. The smallest absolute Gasteiger partial charge is 0.168 e. The molecular weight excluding hydrogens is 256 g/mol. The molecule has 0 radical (unpaired) electrons. The summed E-state index contributed by atoms with van der Waals surface area (Å²) in [4.78, 5) is 4.33. The first-order valence-corrected chi connectivity index (χ1v) is 7.03. The van der Waals surface area contributed by atoms with Crippen LogP contribution in [0.15, 0.2) is 36.5 Å². The van der Waals surface area contributed by atoms with Crippen molar-refractivity contribution in [3.05, 3.63) is 36.5 Å². The average Bonchev–Trinajstić information content (AvgIpc) is 2.93. The summed E-state index contributed by atoms with van der Waals surface area (Å²) in [6.45, 7) is 3.04. The van der Waals surface area contributed by atoms with Crippen molar-refractivity contribution in [2.75, 3.05) is 11.9 Å². The van der Waals surface area contributed by atoms with Gasteiger partial charge in [-0.3, -0.25) is 4.98 Å². The van der Waals surface area contributed by atoms with E-state index in [-0.39, 0.29) is 0 Å². The summed E-state index contributed by atoms with van der Waals surface area (Å²) in [5.41, 5.74) is 2.99. The molecule has 1 N–H and O–H groups in total. The van der Waals surface area contributed by atoms with Crippen molar-refractivity contribution in [3.8, 4) is 11.3 Å². The number of nitrogens with zero attached hydrogens (tertiary/aromatic N) is 3. The zero-order valence-electron chi connectivity index (χ0n) is 10.6. The van der Waals surface area contributed by atoms with Crippen LogP contribution in [0.2, 0.25) is 0 Å². The van der Waals surface area contributed by atoms with Crippen LogP contribution in [0.4, 0.5) is 5.82 Å². The summed E-state index contributed by atoms with van der Waals surface area (Å²) in [6, 6.07) is 10.2. The van der Waals surface area contributed by atoms with E-state index in [1.165, 1.54) is 11.7 Å². The van der Waals surface area contributed by atoms with Gasteiger partial charge in [-0.1, -0.05) is 19.1 Å². The molecule has 0 saturated heterocycles. The third-order valence-corrected chi connectivity index (χ3v) is 3.44. The van der Waals surface area contributed by atoms with Gasteiger partial charge in [0, 0.05) is 23.7 Å². The van der Waals surface area contributed by atoms with E-state index in [2.05, 4.69) is 38.1 Å². The van der Waals surface area contributed by atoms with Crippen LogP contribution in [0, 0.1) is 0 Å². The molecule has 0 aliphatic heterocycles. The second-order valence-electron chi connectivity index (χ2n) is 4.30. The van der Waals surface area contributed by atoms with E-state index >= 15 is 0 Å². The van der Waals surface area contributed by atoms with Gasteiger partial charge in [0.2, 0.25) is 0 Å². The molecule has 96 valence electrons. The van der Waals surface area contributed by atoms with Crippen LogP contribution < -0.4 is 5.32 Å². The maximum atomic E-state index is 4.39. The SMILES string of the molecule is CCCNc1nsnc1-c1ccc2ncccc2c1. The van der Waals surface area contributed by atoms with Crippen LogP contribution in [-0.2, 0) is 0 Å². The van der Waals surface area contributed by atoms with Gasteiger partial charge >= 0.3 is 0 Å². The highest BCUT2D eigenvalue weighted by Gasteiger charge is 2.10. The van der Waals surface area contributed by atoms with Gasteiger partial charge in [0.05, 0.1) is 17.2 Å². The Morgan fingerprint density at radius 2 is 2.16 bits per heavy atom. The topological polar surface area (TPSA) is 50.7 Å². The highest BCUT2D eigenvalue weighted by atomic mass is 32.1. The van der Waals surface area contributed by atoms with Crippen molar-refractivity contribution in [1.82, 2.24) is 13.7 Å². The van der Waals surface area contributed by atoms with E-state index in [9.17, 15) is 0 Å². The molecule has 0 bridgehead atoms. The Labute approximate surface area is 115 Å². The summed E-state index contributed by atoms with van der Waals surface area (Å²) in [5, 5.41) is 4.43. The Hall–Kier alpha value is -2.01. The van der Waals surface area contributed by atoms with Gasteiger partial charge in [-0.25, -0.2) is 0 Å². The molecule has 0 amide bonds. The molecular formula is C14H14N4S. The van der Waals surface area contributed by atoms with Crippen molar-refractivity contribution < 1.29 is 0 Å². The molecule has 4 nitrogen and oxygen atoms in total. The number of aromatic nitrogens is 3. The number of hydrogen-bond acceptors (Lipinski definition) is 5. The van der Waals surface area contributed by atoms with Crippen LogP contribution in [0.25, 0.3) is 22.2 Å². The molecule has 0 aliphatic carbocycles. The number of rotatable bonds is 4. The van der Waals surface area contributed by atoms with Crippen LogP contribution in [-0.4, -0.2) is 20.3 Å². The van der Waals surface area contributed by atoms with Gasteiger partial charge in [-0.05, 0) is 24.6 Å². The van der Waals surface area contributed by atoms with E-state index in [1.54, 1.807) is 6.20 Å². The number of hydrogen-bond donors (Lipinski definition) is 1. The van der Waals surface area contributed by atoms with Gasteiger partial charge < -0.3 is 5.32 Å². The molecule has 2 heterocycles. The van der Waals surface area contributed by atoms with Gasteiger partial charge in [0.1, 0.15) is 5.69 Å². The van der Waals surface area contributed by atoms with Crippen LogP contribution in [0.5, 0.6) is 0 Å². The molecule has 0 atom stereocenters. The Balaban J connectivity index is 2.01. The van der Waals surface area contributed by atoms with E-state index in [1.807, 2.05) is 18.2 Å². The summed E-state index contributed by atoms with van der Waals surface area (Å²) in [6.07, 6.45) is 2.87. The summed E-state index contributed by atoms with van der Waals surface area (Å²) in [7, 11) is 0. The van der Waals surface area contributed by atoms with Crippen LogP contribution in [0.1, 0.15) is 13.3 Å². The highest BCUT2D eigenvalue weighted by Crippen LogP contribution is 2.28. The Morgan fingerprint density at radius 3 is 3.05 bits per heavy atom. The predicted molar refractivity (Wildman–Crippen MR) is 79.4 cm³/mol. The number of pyridine rings is 1. The van der Waals surface area contributed by atoms with Crippen molar-refractivity contribution in [2.24, 2.45) is 0 Å². The molecule has 0 saturated carbocycles. The first-order valence-electron chi connectivity index (χ1n) is 6.30. The highest BCUT2D eigenvalue weighted by molar-refractivity contribution is 6.99. The van der Waals surface area contributed by atoms with Gasteiger partial charge in [0.25, 0.3) is 0 Å². The number of anilines is 1. The Morgan fingerprint density at radius 1 is 1.21 bits per heavy atom. The third-order valence-electron chi connectivity index (χ3n) is 2.91. The zero-order valence-corrected chi connectivity index (χ0v) is 11.4. The Bertz CT molecular complexity index is 692. The quantitative estimate of drug-likeness (QED) is 0.787. The minimum absolute atomic E-state index is 0.870. The van der Waals surface area contributed by atoms with Crippen molar-refractivity contribution in [3.63, 3.8) is 0 Å². The number of fused-ring (bicyclic) bond motifs is 1. The standard InChI is InChI=1S/C14H14N4S/c1-2-7-16-14-13(17-19-18-14)11-5-6-12-10(9-11)4-3-8-15-12/h3-6,8-9H,2,7H2,1H3,(H,16,18). The first-order chi connectivity index (χ1) is 9.38. The lowest BCUT2D eigenvalue weighted by molar-refractivity contribution is 0.974. The molecule has 5 heteroatoms. The van der Waals surface area contributed by atoms with Crippen molar-refractivity contribution in [1.29, 1.82) is 0 Å². The molecule has 0 unspecified atom stereocenters. The molecule has 19 heavy (non-hydrogen) atoms.